The van der Waals surface area contributed by atoms with Crippen molar-refractivity contribution in [2.45, 2.75) is 84.4 Å². The summed E-state index contributed by atoms with van der Waals surface area (Å²) in [5, 5.41) is 34.8. The van der Waals surface area contributed by atoms with Crippen molar-refractivity contribution in [2.24, 2.45) is 11.8 Å². The lowest BCUT2D eigenvalue weighted by Crippen LogP contribution is -2.48. The number of aromatic nitrogens is 5. The third kappa shape index (κ3) is 11.2. The number of carbonyl (C=O) groups excluding carboxylic acids is 4. The third-order valence-corrected chi connectivity index (χ3v) is 9.22. The van der Waals surface area contributed by atoms with E-state index in [1.54, 1.807) is 37.3 Å². The minimum atomic E-state index is -0.866. The van der Waals surface area contributed by atoms with Crippen molar-refractivity contribution in [1.82, 2.24) is 41.6 Å². The minimum Gasteiger partial charge on any atom is -0.444 e. The summed E-state index contributed by atoms with van der Waals surface area (Å²) in [5.41, 5.74) is 4.18. The second-order valence-electron chi connectivity index (χ2n) is 14.8. The Morgan fingerprint density at radius 1 is 0.926 bits per heavy atom. The summed E-state index contributed by atoms with van der Waals surface area (Å²) in [5.74, 6) is -0.508. The van der Waals surface area contributed by atoms with Crippen LogP contribution in [0.2, 0.25) is 0 Å². The van der Waals surface area contributed by atoms with Crippen LogP contribution in [0.15, 0.2) is 60.7 Å². The molecule has 1 unspecified atom stereocenters. The molecule has 54 heavy (non-hydrogen) atoms. The highest BCUT2D eigenvalue weighted by Gasteiger charge is 2.30. The molecule has 0 radical (unpaired) electrons. The van der Waals surface area contributed by atoms with Crippen LogP contribution in [-0.2, 0) is 20.7 Å². The molecule has 4 amide bonds. The average molecular weight is 740 g/mol. The van der Waals surface area contributed by atoms with E-state index in [9.17, 15) is 24.3 Å². The minimum absolute atomic E-state index is 0.172. The van der Waals surface area contributed by atoms with E-state index >= 15 is 0 Å². The zero-order valence-corrected chi connectivity index (χ0v) is 31.3. The molecule has 6 N–H and O–H groups in total. The zero-order chi connectivity index (χ0) is 38.8. The number of aromatic amines is 1. The number of alkyl carbamates (subject to hydrolysis) is 1. The molecule has 15 heteroatoms. The number of rotatable bonds is 13. The number of aryl methyl sites for hydroxylation is 1. The number of H-pyrrole nitrogens is 1. The molecule has 15 nitrogen and oxygen atoms in total. The van der Waals surface area contributed by atoms with Crippen LogP contribution in [0.4, 0.5) is 10.5 Å². The fourth-order valence-corrected chi connectivity index (χ4v) is 6.28. The van der Waals surface area contributed by atoms with Gasteiger partial charge >= 0.3 is 6.09 Å². The molecule has 0 aliphatic heterocycles. The Hall–Kier alpha value is -5.70. The number of carbonyl (C=O) groups is 4. The zero-order valence-electron chi connectivity index (χ0n) is 31.3. The van der Waals surface area contributed by atoms with Gasteiger partial charge in [-0.25, -0.2) is 9.78 Å². The van der Waals surface area contributed by atoms with Gasteiger partial charge in [0.05, 0.1) is 6.61 Å². The predicted molar refractivity (Wildman–Crippen MR) is 202 cm³/mol. The van der Waals surface area contributed by atoms with E-state index in [0.29, 0.717) is 36.6 Å². The topological polar surface area (TPSA) is 213 Å². The Kier molecular flexibility index (Phi) is 13.1. The van der Waals surface area contributed by atoms with Crippen LogP contribution in [0, 0.1) is 18.8 Å². The van der Waals surface area contributed by atoms with E-state index in [4.69, 9.17) is 4.74 Å². The maximum Gasteiger partial charge on any atom is 0.407 e. The number of nitrogens with zero attached hydrogens (tertiary/aromatic N) is 4. The fraction of sp³-hybridized carbons (Fsp3) is 0.436. The summed E-state index contributed by atoms with van der Waals surface area (Å²) in [6.07, 6.45) is 2.60. The number of tetrazole rings is 1. The second-order valence-corrected chi connectivity index (χ2v) is 14.8. The van der Waals surface area contributed by atoms with Gasteiger partial charge in [0.2, 0.25) is 17.6 Å². The molecule has 2 aromatic heterocycles. The van der Waals surface area contributed by atoms with Crippen molar-refractivity contribution in [3.05, 3.63) is 77.6 Å². The molecule has 5 rings (SSSR count). The maximum absolute atomic E-state index is 13.8. The number of nitrogens with one attached hydrogen (secondary N) is 5. The van der Waals surface area contributed by atoms with Crippen molar-refractivity contribution < 1.29 is 29.0 Å². The Labute approximate surface area is 314 Å². The van der Waals surface area contributed by atoms with Gasteiger partial charge in [-0.3, -0.25) is 14.4 Å². The van der Waals surface area contributed by atoms with Gasteiger partial charge in [0.15, 0.2) is 0 Å². The van der Waals surface area contributed by atoms with Crippen LogP contribution < -0.4 is 21.3 Å². The first kappa shape index (κ1) is 39.5. The standard InChI is InChI=1S/C39H49N9O6/c1-23(22-49)41-36(51)32-19-18-31(24(2)42-32)27-10-6-25(7-11-27)20-33(37(52)43-30-16-14-28(15-17-30)34-45-47-48-46-34)44-35(50)29-12-8-26(9-13-29)21-40-38(53)54-39(3,4)5/h6-7,10-11,14-19,23,26,29,33,49H,8-9,12-13,20-22H2,1-5H3,(H,40,53)(H,41,51)(H,43,52)(H,44,50)(H,45,46,47,48)/t23?,26?,29?,33-/m0/s1. The highest BCUT2D eigenvalue weighted by Crippen LogP contribution is 2.29. The summed E-state index contributed by atoms with van der Waals surface area (Å²) in [7, 11) is 0. The van der Waals surface area contributed by atoms with E-state index < -0.39 is 17.7 Å². The van der Waals surface area contributed by atoms with Crippen molar-refractivity contribution in [3.8, 4) is 22.5 Å². The molecule has 1 fully saturated rings. The van der Waals surface area contributed by atoms with Gasteiger partial charge in [-0.2, -0.15) is 5.21 Å². The van der Waals surface area contributed by atoms with Gasteiger partial charge in [0.1, 0.15) is 17.3 Å². The Morgan fingerprint density at radius 3 is 2.22 bits per heavy atom. The van der Waals surface area contributed by atoms with Crippen LogP contribution >= 0.6 is 0 Å². The van der Waals surface area contributed by atoms with Crippen LogP contribution in [0.1, 0.15) is 75.1 Å². The van der Waals surface area contributed by atoms with Crippen molar-refractivity contribution in [2.75, 3.05) is 18.5 Å². The maximum atomic E-state index is 13.8. The van der Waals surface area contributed by atoms with Gasteiger partial charge in [-0.1, -0.05) is 30.3 Å². The quantitative estimate of drug-likeness (QED) is 0.114. The Balaban J connectivity index is 1.25. The average Bonchev–Trinajstić information content (AvgIpc) is 3.69. The molecule has 0 saturated heterocycles. The lowest BCUT2D eigenvalue weighted by atomic mass is 9.81. The molecule has 1 aliphatic carbocycles. The molecule has 0 spiro atoms. The molecule has 1 aliphatic rings. The van der Waals surface area contributed by atoms with Crippen molar-refractivity contribution >= 4 is 29.5 Å². The Bertz CT molecular complexity index is 1890. The monoisotopic (exact) mass is 739 g/mol. The normalized spacial score (nSPS) is 16.8. The van der Waals surface area contributed by atoms with Crippen LogP contribution in [0.3, 0.4) is 0 Å². The smallest absolute Gasteiger partial charge is 0.407 e. The van der Waals surface area contributed by atoms with Gasteiger partial charge in [0, 0.05) is 47.4 Å². The summed E-state index contributed by atoms with van der Waals surface area (Å²) in [6, 6.07) is 16.9. The number of hydrogen-bond acceptors (Lipinski definition) is 10. The number of amides is 4. The Morgan fingerprint density at radius 2 is 1.61 bits per heavy atom. The molecule has 0 bridgehead atoms. The molecule has 2 heterocycles. The summed E-state index contributed by atoms with van der Waals surface area (Å²) < 4.78 is 5.34. The number of aliphatic hydroxyl groups is 1. The molecule has 1 saturated carbocycles. The van der Waals surface area contributed by atoms with Crippen LogP contribution in [0.5, 0.6) is 0 Å². The second kappa shape index (κ2) is 17.9. The van der Waals surface area contributed by atoms with Gasteiger partial charge in [-0.15, -0.1) is 10.2 Å². The van der Waals surface area contributed by atoms with E-state index in [1.165, 1.54) is 0 Å². The van der Waals surface area contributed by atoms with Gasteiger partial charge < -0.3 is 31.1 Å². The predicted octanol–water partition coefficient (Wildman–Crippen LogP) is 4.34. The number of anilines is 1. The highest BCUT2D eigenvalue weighted by molar-refractivity contribution is 5.98. The largest absolute Gasteiger partial charge is 0.444 e. The van der Waals surface area contributed by atoms with E-state index in [-0.39, 0.29) is 54.3 Å². The number of pyridine rings is 1. The van der Waals surface area contributed by atoms with E-state index in [0.717, 1.165) is 35.1 Å². The van der Waals surface area contributed by atoms with Gasteiger partial charge in [-0.05, 0) is 113 Å². The van der Waals surface area contributed by atoms with Crippen LogP contribution in [0.25, 0.3) is 22.5 Å². The van der Waals surface area contributed by atoms with Gasteiger partial charge in [0.25, 0.3) is 5.91 Å². The number of benzene rings is 2. The fourth-order valence-electron chi connectivity index (χ4n) is 6.28. The molecule has 2 atom stereocenters. The molecular formula is C39H49N9O6. The van der Waals surface area contributed by atoms with Crippen molar-refractivity contribution in [3.63, 3.8) is 0 Å². The highest BCUT2D eigenvalue weighted by atomic mass is 16.6. The SMILES string of the molecule is Cc1nc(C(=O)NC(C)CO)ccc1-c1ccc(C[C@H](NC(=O)C2CCC(CNC(=O)OC(C)(C)C)CC2)C(=O)Nc2ccc(-c3nn[nH]n3)cc2)cc1. The lowest BCUT2D eigenvalue weighted by Gasteiger charge is -2.29. The van der Waals surface area contributed by atoms with Crippen LogP contribution in [-0.4, -0.2) is 85.4 Å². The first-order valence-corrected chi connectivity index (χ1v) is 18.2. The van der Waals surface area contributed by atoms with E-state index in [2.05, 4.69) is 46.9 Å². The molecule has 2 aromatic carbocycles. The number of ether oxygens (including phenoxy) is 1. The molecule has 286 valence electrons. The summed E-state index contributed by atoms with van der Waals surface area (Å²) in [4.78, 5) is 56.5. The van der Waals surface area contributed by atoms with Crippen molar-refractivity contribution in [1.29, 1.82) is 0 Å². The number of hydrogen-bond donors (Lipinski definition) is 6. The first-order chi connectivity index (χ1) is 25.8. The van der Waals surface area contributed by atoms with E-state index in [1.807, 2.05) is 58.0 Å². The summed E-state index contributed by atoms with van der Waals surface area (Å²) in [6.45, 7) is 9.29. The summed E-state index contributed by atoms with van der Waals surface area (Å²) >= 11 is 0. The third-order valence-electron chi connectivity index (χ3n) is 9.22. The number of aliphatic hydroxyl groups excluding tert-OH is 1. The molecule has 4 aromatic rings. The first-order valence-electron chi connectivity index (χ1n) is 18.2. The molecular weight excluding hydrogens is 690 g/mol. The lowest BCUT2D eigenvalue weighted by molar-refractivity contribution is -0.130.